The van der Waals surface area contributed by atoms with Crippen molar-refractivity contribution in [1.29, 1.82) is 0 Å². The lowest BCUT2D eigenvalue weighted by atomic mass is 10.0. The van der Waals surface area contributed by atoms with Crippen LogP contribution in [0.15, 0.2) is 36.4 Å². The molecule has 6 rings (SSSR count). The monoisotopic (exact) mass is 980 g/mol. The van der Waals surface area contributed by atoms with Gasteiger partial charge in [-0.1, -0.05) is 25.0 Å². The number of anilines is 1. The third-order valence-corrected chi connectivity index (χ3v) is 14.0. The highest BCUT2D eigenvalue weighted by Crippen LogP contribution is 2.33. The number of nitrogens with zero attached hydrogens (tertiary/aromatic N) is 5. The predicted octanol–water partition coefficient (Wildman–Crippen LogP) is -1.63. The Kier molecular flexibility index (Phi) is 18.9. The first-order valence-corrected chi connectivity index (χ1v) is 24.5. The third kappa shape index (κ3) is 15.1. The first-order valence-electron chi connectivity index (χ1n) is 23.0. The van der Waals surface area contributed by atoms with E-state index in [-0.39, 0.29) is 144 Å². The van der Waals surface area contributed by atoms with Crippen molar-refractivity contribution in [3.05, 3.63) is 42.0 Å². The number of benzene rings is 1. The van der Waals surface area contributed by atoms with Gasteiger partial charge in [0.15, 0.2) is 5.11 Å². The number of carbonyl (C=O) groups is 10. The van der Waals surface area contributed by atoms with Gasteiger partial charge in [-0.3, -0.25) is 48.1 Å². The van der Waals surface area contributed by atoms with E-state index < -0.39 is 17.7 Å². The molecule has 0 bridgehead atoms. The lowest BCUT2D eigenvalue weighted by Crippen LogP contribution is -2.58. The zero-order valence-electron chi connectivity index (χ0n) is 37.9. The van der Waals surface area contributed by atoms with Crippen LogP contribution in [-0.4, -0.2) is 190 Å². The number of urea groups is 1. The van der Waals surface area contributed by atoms with E-state index in [9.17, 15) is 47.9 Å². The van der Waals surface area contributed by atoms with Gasteiger partial charge in [0.05, 0.1) is 31.7 Å². The maximum atomic E-state index is 13.1. The minimum absolute atomic E-state index is 0.0156. The summed E-state index contributed by atoms with van der Waals surface area (Å²) in [5.41, 5.74) is 1.62. The zero-order chi connectivity index (χ0) is 48.6. The molecule has 0 radical (unpaired) electrons. The minimum atomic E-state index is -0.690. The van der Waals surface area contributed by atoms with Crippen molar-refractivity contribution in [3.8, 4) is 0 Å². The summed E-state index contributed by atoms with van der Waals surface area (Å²) in [5, 5.41) is 20.5. The number of rotatable bonds is 20. The fourth-order valence-electron chi connectivity index (χ4n) is 8.30. The molecule has 3 atom stereocenters. The fraction of sp³-hybridized carbons (Fsp3) is 0.568. The molecule has 22 nitrogen and oxygen atoms in total. The third-order valence-electron chi connectivity index (χ3n) is 12.3. The number of unbranched alkanes of at least 4 members (excludes halogenated alkanes) is 3. The molecule has 0 unspecified atom stereocenters. The van der Waals surface area contributed by atoms with Crippen LogP contribution in [0.2, 0.25) is 0 Å². The first kappa shape index (κ1) is 51.1. The summed E-state index contributed by atoms with van der Waals surface area (Å²) in [5.74, 6) is -2.64. The van der Waals surface area contributed by atoms with Gasteiger partial charge in [-0.05, 0) is 55.6 Å². The number of amides is 11. The number of nitrogens with one attached hydrogen (secondary N) is 7. The molecule has 5 aliphatic heterocycles. The highest BCUT2D eigenvalue weighted by Gasteiger charge is 2.42. The van der Waals surface area contributed by atoms with Gasteiger partial charge in [-0.2, -0.15) is 11.8 Å². The molecule has 68 heavy (non-hydrogen) atoms. The van der Waals surface area contributed by atoms with E-state index in [2.05, 4.69) is 37.2 Å². The molecule has 4 fully saturated rings. The lowest BCUT2D eigenvalue weighted by molar-refractivity contribution is -0.155. The molecular weight excluding hydrogens is 921 g/mol. The molecule has 24 heteroatoms. The van der Waals surface area contributed by atoms with Gasteiger partial charge in [0.25, 0.3) is 11.8 Å². The van der Waals surface area contributed by atoms with Crippen LogP contribution < -0.4 is 37.2 Å². The number of imide groups is 1. The number of piperazine rings is 2. The Hall–Kier alpha value is -6.30. The molecule has 0 aromatic heterocycles. The predicted molar refractivity (Wildman–Crippen MR) is 253 cm³/mol. The van der Waals surface area contributed by atoms with Crippen molar-refractivity contribution < 1.29 is 47.9 Å². The molecule has 368 valence electrons. The Labute approximate surface area is 403 Å². The van der Waals surface area contributed by atoms with Crippen molar-refractivity contribution in [2.75, 3.05) is 89.6 Å². The summed E-state index contributed by atoms with van der Waals surface area (Å²) in [6.07, 6.45) is 7.39. The minimum Gasteiger partial charge on any atom is -0.353 e. The number of thioether (sulfide) groups is 1. The SMILES string of the molecule is O=C(CCCCCN1C(=O)C=CC1=O)NCC(=O)NCC(=O)N1CCN(C(=O)C(=O)N2CCN(C(=O)CNC(=S)Nc3ccc(CNC(=O)CCCC[C@@H]4SC[C@@H]5NC(=O)N[C@@H]54)cc3)CC2)CC1. The highest BCUT2D eigenvalue weighted by atomic mass is 32.2. The molecule has 1 aromatic carbocycles. The van der Waals surface area contributed by atoms with E-state index >= 15 is 0 Å². The standard InChI is InChI=1S/C44H60N12O10S2/c57-33(8-4-3-6-32-40-31(28-68-32)50-43(66)51-40)45-24-29-9-11-30(12-10-29)49-44(67)48-27-39(63)53-18-22-55(23-19-53)42(65)41(64)54-20-16-52(17-21-54)38(62)26-47-35(59)25-46-34(58)7-2-1-5-15-56-36(60)13-14-37(56)61/h9-14,31-32,40H,1-8,15-28H2,(H,45,57)(H,46,58)(H,47,59)(H2,48,49,67)(H2,50,51,66)/t31-,32-,40-/m0/s1. The maximum Gasteiger partial charge on any atom is 0.315 e. The lowest BCUT2D eigenvalue weighted by Gasteiger charge is -2.37. The van der Waals surface area contributed by atoms with Gasteiger partial charge >= 0.3 is 17.8 Å². The number of fused-ring (bicyclic) bond motifs is 1. The Bertz CT molecular complexity index is 2090. The van der Waals surface area contributed by atoms with Crippen molar-refractivity contribution in [3.63, 3.8) is 0 Å². The number of hydrogen-bond acceptors (Lipinski definition) is 12. The average molecular weight is 981 g/mol. The molecule has 1 aromatic rings. The molecule has 11 amide bonds. The number of thiocarbonyl (C=S) groups is 1. The van der Waals surface area contributed by atoms with Gasteiger partial charge in [-0.25, -0.2) is 4.79 Å². The Morgan fingerprint density at radius 2 is 1.16 bits per heavy atom. The Balaban J connectivity index is 0.766. The van der Waals surface area contributed by atoms with Crippen LogP contribution in [-0.2, 0) is 49.7 Å². The first-order chi connectivity index (χ1) is 32.7. The highest BCUT2D eigenvalue weighted by molar-refractivity contribution is 8.00. The molecule has 7 N–H and O–H groups in total. The molecule has 5 aliphatic rings. The Morgan fingerprint density at radius 3 is 1.78 bits per heavy atom. The van der Waals surface area contributed by atoms with Crippen LogP contribution in [0.4, 0.5) is 10.5 Å². The van der Waals surface area contributed by atoms with E-state index in [0.717, 1.165) is 35.5 Å². The van der Waals surface area contributed by atoms with Crippen LogP contribution in [0.3, 0.4) is 0 Å². The van der Waals surface area contributed by atoms with E-state index in [1.165, 1.54) is 26.9 Å². The summed E-state index contributed by atoms with van der Waals surface area (Å²) in [7, 11) is 0. The maximum absolute atomic E-state index is 13.1. The fourth-order valence-corrected chi connectivity index (χ4v) is 10.0. The van der Waals surface area contributed by atoms with Crippen LogP contribution in [0.5, 0.6) is 0 Å². The van der Waals surface area contributed by atoms with Gasteiger partial charge in [0.2, 0.25) is 29.5 Å². The number of carbonyl (C=O) groups excluding carboxylic acids is 10. The zero-order valence-corrected chi connectivity index (χ0v) is 39.5. The number of hydrogen-bond donors (Lipinski definition) is 7. The second kappa shape index (κ2) is 25.2. The normalized spacial score (nSPS) is 19.8. The van der Waals surface area contributed by atoms with Crippen LogP contribution >= 0.6 is 24.0 Å². The molecular formula is C44H60N12O10S2. The van der Waals surface area contributed by atoms with E-state index in [1.807, 2.05) is 36.0 Å². The van der Waals surface area contributed by atoms with Crippen molar-refractivity contribution in [2.24, 2.45) is 0 Å². The molecule has 0 spiro atoms. The smallest absolute Gasteiger partial charge is 0.315 e. The van der Waals surface area contributed by atoms with Gasteiger partial charge in [-0.15, -0.1) is 0 Å². The summed E-state index contributed by atoms with van der Waals surface area (Å²) in [4.78, 5) is 130. The van der Waals surface area contributed by atoms with E-state index in [0.29, 0.717) is 43.2 Å². The second-order valence-electron chi connectivity index (χ2n) is 17.0. The summed E-state index contributed by atoms with van der Waals surface area (Å²) in [6, 6.07) is 7.68. The van der Waals surface area contributed by atoms with Crippen molar-refractivity contribution in [1.82, 2.24) is 56.4 Å². The topological polar surface area (TPSA) is 271 Å². The van der Waals surface area contributed by atoms with E-state index in [4.69, 9.17) is 12.2 Å². The summed E-state index contributed by atoms with van der Waals surface area (Å²) in [6.45, 7) is 1.42. The second-order valence-corrected chi connectivity index (χ2v) is 18.7. The van der Waals surface area contributed by atoms with Gasteiger partial charge < -0.3 is 56.8 Å². The summed E-state index contributed by atoms with van der Waals surface area (Å²) < 4.78 is 0. The van der Waals surface area contributed by atoms with Crippen molar-refractivity contribution >= 4 is 94.0 Å². The van der Waals surface area contributed by atoms with Gasteiger partial charge in [0, 0.05) is 107 Å². The molecule has 0 aliphatic carbocycles. The Morgan fingerprint density at radius 1 is 0.618 bits per heavy atom. The molecule has 5 heterocycles. The molecule has 0 saturated carbocycles. The van der Waals surface area contributed by atoms with E-state index in [1.54, 1.807) is 4.90 Å². The van der Waals surface area contributed by atoms with Gasteiger partial charge in [0.1, 0.15) is 0 Å². The largest absolute Gasteiger partial charge is 0.353 e. The molecule has 4 saturated heterocycles. The van der Waals surface area contributed by atoms with Crippen LogP contribution in [0.25, 0.3) is 0 Å². The average Bonchev–Trinajstić information content (AvgIpc) is 4.01. The van der Waals surface area contributed by atoms with Crippen molar-refractivity contribution in [2.45, 2.75) is 75.2 Å². The summed E-state index contributed by atoms with van der Waals surface area (Å²) >= 11 is 7.26. The van der Waals surface area contributed by atoms with Crippen LogP contribution in [0.1, 0.15) is 56.9 Å². The van der Waals surface area contributed by atoms with Crippen LogP contribution in [0, 0.1) is 0 Å². The quantitative estimate of drug-likeness (QED) is 0.0255.